The molecular formula is C26H32N6O3. The van der Waals surface area contributed by atoms with E-state index in [1.165, 1.54) is 0 Å². The van der Waals surface area contributed by atoms with E-state index in [4.69, 9.17) is 9.47 Å². The molecule has 9 nitrogen and oxygen atoms in total. The number of rotatable bonds is 4. The van der Waals surface area contributed by atoms with Crippen LogP contribution in [0.1, 0.15) is 26.3 Å². The summed E-state index contributed by atoms with van der Waals surface area (Å²) in [7, 11) is 0. The number of amides is 2. The Balaban J connectivity index is 1.47. The molecule has 1 fully saturated rings. The average molecular weight is 477 g/mol. The summed E-state index contributed by atoms with van der Waals surface area (Å²) in [6, 6.07) is 13.2. The lowest BCUT2D eigenvalue weighted by Gasteiger charge is -2.44. The number of aliphatic imine (C=N–C) groups is 1. The number of urea groups is 1. The first-order chi connectivity index (χ1) is 17.0. The molecule has 2 aromatic rings. The lowest BCUT2D eigenvalue weighted by Crippen LogP contribution is -2.60. The number of ether oxygens (including phenoxy) is 2. The third-order valence-corrected chi connectivity index (χ3v) is 6.34. The van der Waals surface area contributed by atoms with Crippen molar-refractivity contribution < 1.29 is 14.3 Å². The maximum Gasteiger partial charge on any atom is 0.321 e. The van der Waals surface area contributed by atoms with Crippen molar-refractivity contribution in [3.63, 3.8) is 0 Å². The second-order valence-electron chi connectivity index (χ2n) is 8.91. The van der Waals surface area contributed by atoms with Gasteiger partial charge in [0.15, 0.2) is 11.5 Å². The summed E-state index contributed by atoms with van der Waals surface area (Å²) in [6.45, 7) is 8.91. The molecule has 2 aliphatic heterocycles. The van der Waals surface area contributed by atoms with Crippen LogP contribution in [-0.2, 0) is 6.42 Å². The summed E-state index contributed by atoms with van der Waals surface area (Å²) in [5.74, 6) is 2.06. The Morgan fingerprint density at radius 2 is 1.91 bits per heavy atom. The Kier molecular flexibility index (Phi) is 7.60. The Morgan fingerprint density at radius 3 is 2.66 bits per heavy atom. The van der Waals surface area contributed by atoms with E-state index >= 15 is 0 Å². The zero-order valence-electron chi connectivity index (χ0n) is 20.5. The second kappa shape index (κ2) is 11.0. The first-order valence-corrected chi connectivity index (χ1v) is 12.0. The van der Waals surface area contributed by atoms with E-state index in [9.17, 15) is 10.1 Å². The van der Waals surface area contributed by atoms with Crippen molar-refractivity contribution in [2.75, 3.05) is 43.5 Å². The molecule has 0 bridgehead atoms. The first kappa shape index (κ1) is 24.2. The summed E-state index contributed by atoms with van der Waals surface area (Å²) in [4.78, 5) is 21.1. The van der Waals surface area contributed by atoms with Crippen molar-refractivity contribution in [1.82, 2.24) is 9.80 Å². The molecule has 2 aromatic carbocycles. The lowest BCUT2D eigenvalue weighted by atomic mass is 10.00. The Bertz CT molecular complexity index is 1130. The van der Waals surface area contributed by atoms with Gasteiger partial charge < -0.3 is 29.9 Å². The first-order valence-electron chi connectivity index (χ1n) is 12.0. The predicted octanol–water partition coefficient (Wildman–Crippen LogP) is 4.14. The number of guanidine groups is 1. The molecule has 184 valence electrons. The van der Waals surface area contributed by atoms with E-state index in [0.717, 1.165) is 17.7 Å². The normalized spacial score (nSPS) is 17.7. The van der Waals surface area contributed by atoms with E-state index in [0.29, 0.717) is 56.0 Å². The highest BCUT2D eigenvalue weighted by Gasteiger charge is 2.34. The highest BCUT2D eigenvalue weighted by atomic mass is 16.6. The molecule has 1 unspecified atom stereocenters. The molecule has 0 aromatic heterocycles. The van der Waals surface area contributed by atoms with E-state index in [-0.39, 0.29) is 18.0 Å². The quantitative estimate of drug-likeness (QED) is 0.391. The third-order valence-electron chi connectivity index (χ3n) is 6.34. The van der Waals surface area contributed by atoms with E-state index < -0.39 is 0 Å². The smallest absolute Gasteiger partial charge is 0.321 e. The fourth-order valence-corrected chi connectivity index (χ4v) is 4.43. The van der Waals surface area contributed by atoms with Gasteiger partial charge in [-0.1, -0.05) is 39.0 Å². The van der Waals surface area contributed by atoms with Crippen molar-refractivity contribution in [3.8, 4) is 17.7 Å². The number of carbonyl (C=O) groups is 1. The SMILES string of the molecule is CCc1ccccc1N/C(=N\C#N)N1CCN(C(=O)Nc2ccc3c(c2)OCCO3)CC1C(C)C. The average Bonchev–Trinajstić information content (AvgIpc) is 2.88. The van der Waals surface area contributed by atoms with Crippen LogP contribution in [0.2, 0.25) is 0 Å². The van der Waals surface area contributed by atoms with Crippen LogP contribution in [-0.4, -0.2) is 60.7 Å². The number of hydrogen-bond donors (Lipinski definition) is 2. The van der Waals surface area contributed by atoms with Gasteiger partial charge in [0.05, 0.1) is 6.04 Å². The number of nitrogens with one attached hydrogen (secondary N) is 2. The Morgan fingerprint density at radius 1 is 1.14 bits per heavy atom. The number of hydrogen-bond acceptors (Lipinski definition) is 5. The minimum absolute atomic E-state index is 0.0110. The zero-order chi connectivity index (χ0) is 24.8. The molecular weight excluding hydrogens is 444 g/mol. The van der Waals surface area contributed by atoms with Crippen molar-refractivity contribution in [2.24, 2.45) is 10.9 Å². The number of piperazine rings is 1. The second-order valence-corrected chi connectivity index (χ2v) is 8.91. The van der Waals surface area contributed by atoms with E-state index in [1.807, 2.05) is 41.4 Å². The fraction of sp³-hybridized carbons (Fsp3) is 0.423. The maximum absolute atomic E-state index is 13.1. The summed E-state index contributed by atoms with van der Waals surface area (Å²) in [5, 5.41) is 15.7. The van der Waals surface area contributed by atoms with Crippen molar-refractivity contribution in [2.45, 2.75) is 33.2 Å². The Hall–Kier alpha value is -3.93. The van der Waals surface area contributed by atoms with Crippen LogP contribution < -0.4 is 20.1 Å². The highest BCUT2D eigenvalue weighted by molar-refractivity contribution is 5.95. The minimum atomic E-state index is -0.171. The van der Waals surface area contributed by atoms with Crippen LogP contribution in [0, 0.1) is 17.4 Å². The van der Waals surface area contributed by atoms with E-state index in [2.05, 4.69) is 47.4 Å². The van der Waals surface area contributed by atoms with Gasteiger partial charge in [0.2, 0.25) is 12.2 Å². The highest BCUT2D eigenvalue weighted by Crippen LogP contribution is 2.32. The molecule has 4 rings (SSSR count). The van der Waals surface area contributed by atoms with Gasteiger partial charge in [0, 0.05) is 37.1 Å². The molecule has 0 aliphatic carbocycles. The summed E-state index contributed by atoms with van der Waals surface area (Å²) in [5.41, 5.74) is 2.74. The number of fused-ring (bicyclic) bond motifs is 1. The molecule has 2 heterocycles. The third kappa shape index (κ3) is 5.60. The van der Waals surface area contributed by atoms with Crippen molar-refractivity contribution >= 4 is 23.4 Å². The topological polar surface area (TPSA) is 102 Å². The van der Waals surface area contributed by atoms with Crippen LogP contribution in [0.4, 0.5) is 16.2 Å². The van der Waals surface area contributed by atoms with Gasteiger partial charge in [0.25, 0.3) is 0 Å². The van der Waals surface area contributed by atoms with Crippen LogP contribution in [0.5, 0.6) is 11.5 Å². The van der Waals surface area contributed by atoms with Crippen molar-refractivity contribution in [1.29, 1.82) is 5.26 Å². The molecule has 1 saturated heterocycles. The Labute approximate surface area is 206 Å². The van der Waals surface area contributed by atoms with Crippen molar-refractivity contribution in [3.05, 3.63) is 48.0 Å². The molecule has 2 N–H and O–H groups in total. The minimum Gasteiger partial charge on any atom is -0.486 e. The fourth-order valence-electron chi connectivity index (χ4n) is 4.43. The summed E-state index contributed by atoms with van der Waals surface area (Å²) in [6.07, 6.45) is 2.81. The van der Waals surface area contributed by atoms with Crippen LogP contribution in [0.3, 0.4) is 0 Å². The number of aryl methyl sites for hydroxylation is 1. The number of nitriles is 1. The van der Waals surface area contributed by atoms with Gasteiger partial charge in [-0.15, -0.1) is 4.99 Å². The van der Waals surface area contributed by atoms with Crippen LogP contribution in [0.25, 0.3) is 0 Å². The van der Waals surface area contributed by atoms with Gasteiger partial charge in [-0.05, 0) is 36.1 Å². The van der Waals surface area contributed by atoms with Gasteiger partial charge in [0.1, 0.15) is 13.2 Å². The van der Waals surface area contributed by atoms with Gasteiger partial charge in [-0.2, -0.15) is 5.26 Å². The molecule has 1 atom stereocenters. The molecule has 2 aliphatic rings. The standard InChI is InChI=1S/C26H32N6O3/c1-4-19-7-5-6-8-21(19)30-25(28-17-27)32-12-11-31(16-22(32)18(2)3)26(33)29-20-9-10-23-24(15-20)35-14-13-34-23/h5-10,15,18,22H,4,11-14,16H2,1-3H3,(H,28,30)(H,29,33). The molecule has 9 heteroatoms. The molecule has 0 radical (unpaired) electrons. The summed E-state index contributed by atoms with van der Waals surface area (Å²) < 4.78 is 11.2. The van der Waals surface area contributed by atoms with Gasteiger partial charge in [-0.3, -0.25) is 0 Å². The molecule has 2 amide bonds. The molecule has 0 saturated carbocycles. The lowest BCUT2D eigenvalue weighted by molar-refractivity contribution is 0.120. The molecule has 35 heavy (non-hydrogen) atoms. The van der Waals surface area contributed by atoms with Gasteiger partial charge in [-0.25, -0.2) is 4.79 Å². The van der Waals surface area contributed by atoms with Crippen LogP contribution in [0.15, 0.2) is 47.5 Å². The molecule has 0 spiro atoms. The number of para-hydroxylation sites is 1. The largest absolute Gasteiger partial charge is 0.486 e. The zero-order valence-corrected chi connectivity index (χ0v) is 20.5. The summed E-state index contributed by atoms with van der Waals surface area (Å²) >= 11 is 0. The predicted molar refractivity (Wildman–Crippen MR) is 136 cm³/mol. The van der Waals surface area contributed by atoms with Crippen LogP contribution >= 0.6 is 0 Å². The van der Waals surface area contributed by atoms with Gasteiger partial charge >= 0.3 is 6.03 Å². The maximum atomic E-state index is 13.1. The number of carbonyl (C=O) groups excluding carboxylic acids is 1. The monoisotopic (exact) mass is 476 g/mol. The van der Waals surface area contributed by atoms with E-state index in [1.54, 1.807) is 6.07 Å². The number of anilines is 2. The number of benzene rings is 2. The number of nitrogens with zero attached hydrogens (tertiary/aromatic N) is 4.